The van der Waals surface area contributed by atoms with E-state index in [0.717, 1.165) is 38.6 Å². The van der Waals surface area contributed by atoms with E-state index in [1.165, 1.54) is 7.11 Å². The van der Waals surface area contributed by atoms with Crippen LogP contribution in [-0.4, -0.2) is 54.7 Å². The smallest absolute Gasteiger partial charge is 0.407 e. The highest BCUT2D eigenvalue weighted by Crippen LogP contribution is 2.31. The van der Waals surface area contributed by atoms with E-state index < -0.39 is 0 Å². The van der Waals surface area contributed by atoms with Gasteiger partial charge < -0.3 is 15.4 Å². The van der Waals surface area contributed by atoms with Crippen LogP contribution in [0.1, 0.15) is 46.0 Å². The van der Waals surface area contributed by atoms with E-state index in [0.29, 0.717) is 6.04 Å². The number of amides is 2. The lowest BCUT2D eigenvalue weighted by Crippen LogP contribution is -2.51. The van der Waals surface area contributed by atoms with Crippen LogP contribution in [0.2, 0.25) is 0 Å². The molecular formula is C15H27N3O3. The van der Waals surface area contributed by atoms with Crippen LogP contribution in [0.25, 0.3) is 0 Å². The van der Waals surface area contributed by atoms with Crippen molar-refractivity contribution in [1.82, 2.24) is 15.5 Å². The van der Waals surface area contributed by atoms with Crippen molar-refractivity contribution in [3.63, 3.8) is 0 Å². The Bertz CT molecular complexity index is 386. The number of rotatable bonds is 3. The van der Waals surface area contributed by atoms with E-state index in [-0.39, 0.29) is 30.1 Å². The van der Waals surface area contributed by atoms with Gasteiger partial charge in [-0.1, -0.05) is 0 Å². The van der Waals surface area contributed by atoms with E-state index in [1.54, 1.807) is 0 Å². The van der Waals surface area contributed by atoms with Gasteiger partial charge in [-0.3, -0.25) is 9.69 Å². The number of methoxy groups -OCH3 is 1. The molecule has 2 aliphatic heterocycles. The van der Waals surface area contributed by atoms with E-state index in [4.69, 9.17) is 0 Å². The maximum absolute atomic E-state index is 12.3. The summed E-state index contributed by atoms with van der Waals surface area (Å²) < 4.78 is 4.68. The third kappa shape index (κ3) is 4.09. The lowest BCUT2D eigenvalue weighted by Gasteiger charge is -2.30. The second kappa shape index (κ2) is 7.11. The quantitative estimate of drug-likeness (QED) is 0.822. The third-order valence-corrected chi connectivity index (χ3v) is 4.40. The Morgan fingerprint density at radius 3 is 2.62 bits per heavy atom. The van der Waals surface area contributed by atoms with Crippen molar-refractivity contribution in [1.29, 1.82) is 0 Å². The monoisotopic (exact) mass is 297 g/mol. The molecule has 2 N–H and O–H groups in total. The van der Waals surface area contributed by atoms with Crippen molar-refractivity contribution in [2.24, 2.45) is 0 Å². The summed E-state index contributed by atoms with van der Waals surface area (Å²) in [5.41, 5.74) is 0. The van der Waals surface area contributed by atoms with Crippen molar-refractivity contribution >= 4 is 12.0 Å². The molecule has 120 valence electrons. The Labute approximate surface area is 126 Å². The first-order chi connectivity index (χ1) is 10.0. The molecular weight excluding hydrogens is 270 g/mol. The fraction of sp³-hybridized carbons (Fsp3) is 0.867. The van der Waals surface area contributed by atoms with Gasteiger partial charge in [-0.2, -0.15) is 0 Å². The minimum atomic E-state index is -0.388. The molecule has 2 saturated heterocycles. The van der Waals surface area contributed by atoms with E-state index >= 15 is 0 Å². The van der Waals surface area contributed by atoms with Gasteiger partial charge in [0.2, 0.25) is 5.91 Å². The molecule has 6 nitrogen and oxygen atoms in total. The van der Waals surface area contributed by atoms with Gasteiger partial charge in [-0.05, 0) is 46.0 Å². The molecule has 0 saturated carbocycles. The second-order valence-electron chi connectivity index (χ2n) is 6.37. The first kappa shape index (κ1) is 16.1. The first-order valence-corrected chi connectivity index (χ1v) is 7.92. The molecule has 0 aromatic heterocycles. The van der Waals surface area contributed by atoms with Crippen LogP contribution in [0.5, 0.6) is 0 Å². The van der Waals surface area contributed by atoms with Crippen molar-refractivity contribution in [2.75, 3.05) is 13.7 Å². The summed E-state index contributed by atoms with van der Waals surface area (Å²) in [6, 6.07) is 0.636. The number of hydrogen-bond acceptors (Lipinski definition) is 4. The Morgan fingerprint density at radius 2 is 1.95 bits per heavy atom. The fourth-order valence-corrected chi connectivity index (χ4v) is 3.47. The molecule has 2 amide bonds. The van der Waals surface area contributed by atoms with Gasteiger partial charge >= 0.3 is 6.09 Å². The van der Waals surface area contributed by atoms with Crippen LogP contribution < -0.4 is 10.6 Å². The largest absolute Gasteiger partial charge is 0.453 e. The van der Waals surface area contributed by atoms with Gasteiger partial charge in [0.05, 0.1) is 13.2 Å². The van der Waals surface area contributed by atoms with Crippen molar-refractivity contribution in [3.8, 4) is 0 Å². The second-order valence-corrected chi connectivity index (χ2v) is 6.37. The molecule has 0 radical (unpaired) electrons. The van der Waals surface area contributed by atoms with Gasteiger partial charge in [0.1, 0.15) is 0 Å². The van der Waals surface area contributed by atoms with Crippen LogP contribution >= 0.6 is 0 Å². The Balaban J connectivity index is 2.00. The summed E-state index contributed by atoms with van der Waals surface area (Å²) in [6.45, 7) is 4.69. The Hall–Kier alpha value is -1.30. The molecule has 3 unspecified atom stereocenters. The molecule has 21 heavy (non-hydrogen) atoms. The Kier molecular flexibility index (Phi) is 5.45. The minimum Gasteiger partial charge on any atom is -0.453 e. The molecule has 0 bridgehead atoms. The zero-order valence-corrected chi connectivity index (χ0v) is 13.2. The summed E-state index contributed by atoms with van der Waals surface area (Å²) in [7, 11) is 1.38. The van der Waals surface area contributed by atoms with E-state index in [9.17, 15) is 9.59 Å². The third-order valence-electron chi connectivity index (χ3n) is 4.40. The molecule has 3 atom stereocenters. The average Bonchev–Trinajstić information content (AvgIpc) is 2.70. The Morgan fingerprint density at radius 1 is 1.19 bits per heavy atom. The normalized spacial score (nSPS) is 29.6. The number of ether oxygens (including phenoxy) is 1. The lowest BCUT2D eigenvalue weighted by molar-refractivity contribution is -0.126. The predicted molar refractivity (Wildman–Crippen MR) is 80.0 cm³/mol. The van der Waals surface area contributed by atoms with E-state index in [1.807, 2.05) is 13.8 Å². The number of carbonyl (C=O) groups excluding carboxylic acids is 2. The van der Waals surface area contributed by atoms with Gasteiger partial charge in [-0.25, -0.2) is 4.79 Å². The SMILES string of the molecule is COC(=O)NC1CCCC2CCC(C(=O)NC(C)C)N2C1. The topological polar surface area (TPSA) is 70.7 Å². The zero-order chi connectivity index (χ0) is 15.4. The van der Waals surface area contributed by atoms with Crippen molar-refractivity contribution in [3.05, 3.63) is 0 Å². The summed E-state index contributed by atoms with van der Waals surface area (Å²) in [4.78, 5) is 26.0. The fourth-order valence-electron chi connectivity index (χ4n) is 3.47. The number of nitrogens with zero attached hydrogens (tertiary/aromatic N) is 1. The maximum atomic E-state index is 12.3. The van der Waals surface area contributed by atoms with Crippen LogP contribution in [0.3, 0.4) is 0 Å². The molecule has 0 aromatic carbocycles. The van der Waals surface area contributed by atoms with Crippen molar-refractivity contribution in [2.45, 2.75) is 70.1 Å². The molecule has 2 aliphatic rings. The molecule has 0 aliphatic carbocycles. The number of nitrogens with one attached hydrogen (secondary N) is 2. The molecule has 0 spiro atoms. The summed E-state index contributed by atoms with van der Waals surface area (Å²) in [5.74, 6) is 0.117. The molecule has 6 heteroatoms. The first-order valence-electron chi connectivity index (χ1n) is 7.92. The van der Waals surface area contributed by atoms with Gasteiger partial charge in [0.15, 0.2) is 0 Å². The summed E-state index contributed by atoms with van der Waals surface area (Å²) in [6.07, 6.45) is 4.72. The van der Waals surface area contributed by atoms with Gasteiger partial charge in [0, 0.05) is 24.7 Å². The lowest BCUT2D eigenvalue weighted by atomic mass is 10.1. The maximum Gasteiger partial charge on any atom is 0.407 e. The highest BCUT2D eigenvalue weighted by molar-refractivity contribution is 5.82. The zero-order valence-electron chi connectivity index (χ0n) is 13.2. The minimum absolute atomic E-state index is 0.0579. The predicted octanol–water partition coefficient (Wildman–Crippen LogP) is 1.25. The standard InChI is InChI=1S/C15H27N3O3/c1-10(2)16-14(19)13-8-7-12-6-4-5-11(9-18(12)13)17-15(20)21-3/h10-13H,4-9H2,1-3H3,(H,16,19)(H,17,20). The number of hydrogen-bond donors (Lipinski definition) is 2. The van der Waals surface area contributed by atoms with E-state index in [2.05, 4.69) is 20.3 Å². The average molecular weight is 297 g/mol. The highest BCUT2D eigenvalue weighted by atomic mass is 16.5. The molecule has 2 rings (SSSR count). The molecule has 2 heterocycles. The van der Waals surface area contributed by atoms with Gasteiger partial charge in [0.25, 0.3) is 0 Å². The highest BCUT2D eigenvalue weighted by Gasteiger charge is 2.40. The summed E-state index contributed by atoms with van der Waals surface area (Å²) in [5, 5.41) is 5.90. The van der Waals surface area contributed by atoms with Crippen LogP contribution in [-0.2, 0) is 9.53 Å². The summed E-state index contributed by atoms with van der Waals surface area (Å²) >= 11 is 0. The number of fused-ring (bicyclic) bond motifs is 1. The molecule has 2 fully saturated rings. The van der Waals surface area contributed by atoms with Crippen LogP contribution in [0.15, 0.2) is 0 Å². The molecule has 0 aromatic rings. The van der Waals surface area contributed by atoms with Crippen LogP contribution in [0.4, 0.5) is 4.79 Å². The number of carbonyl (C=O) groups is 2. The van der Waals surface area contributed by atoms with Crippen LogP contribution in [0, 0.1) is 0 Å². The van der Waals surface area contributed by atoms with Crippen molar-refractivity contribution < 1.29 is 14.3 Å². The number of alkyl carbamates (subject to hydrolysis) is 1. The van der Waals surface area contributed by atoms with Gasteiger partial charge in [-0.15, -0.1) is 0 Å².